The molecule has 1 unspecified atom stereocenters. The van der Waals surface area contributed by atoms with E-state index in [4.69, 9.17) is 36.3 Å². The first kappa shape index (κ1) is 102. The molecule has 2 bridgehead atoms. The number of hydrogen-bond acceptors (Lipinski definition) is 24. The number of nitrogens with two attached hydrogens (primary N) is 1. The average Bonchev–Trinajstić information content (AvgIpc) is 1.58. The number of ether oxygens (including phenoxy) is 4. The molecule has 38 heteroatoms. The lowest BCUT2D eigenvalue weighted by atomic mass is 9.87. The van der Waals surface area contributed by atoms with E-state index >= 15 is 19.2 Å². The molecule has 16 N–H and O–H groups in total. The monoisotopic (exact) mass is 1940 g/mol. The van der Waals surface area contributed by atoms with E-state index in [1.54, 1.807) is 68.7 Å². The molecule has 10 amide bonds. The minimum Gasteiger partial charge on any atom is -0.495 e. The second kappa shape index (κ2) is 50.0. The molecule has 3 aliphatic rings. The van der Waals surface area contributed by atoms with Gasteiger partial charge in [0.1, 0.15) is 74.4 Å². The van der Waals surface area contributed by atoms with E-state index in [1.165, 1.54) is 73.4 Å². The van der Waals surface area contributed by atoms with Crippen LogP contribution < -0.4 is 63.2 Å². The van der Waals surface area contributed by atoms with Crippen LogP contribution in [0.5, 0.6) is 5.75 Å². The normalized spacial score (nSPS) is 25.4. The molecule has 4 heterocycles. The molecule has 1 aromatic heterocycles. The van der Waals surface area contributed by atoms with Crippen LogP contribution in [0.15, 0.2) is 127 Å². The van der Waals surface area contributed by atoms with Gasteiger partial charge in [0, 0.05) is 80.6 Å². The highest BCUT2D eigenvalue weighted by Gasteiger charge is 2.62. The highest BCUT2D eigenvalue weighted by atomic mass is 127. The first-order chi connectivity index (χ1) is 59.6. The molecule has 3 aliphatic heterocycles. The third-order valence-electron chi connectivity index (χ3n) is 22.2. The van der Waals surface area contributed by atoms with Gasteiger partial charge in [0.25, 0.3) is 0 Å². The van der Waals surface area contributed by atoms with Crippen molar-refractivity contribution >= 4 is 159 Å². The molecule has 32 nitrogen and oxygen atoms in total. The van der Waals surface area contributed by atoms with Crippen LogP contribution in [0.2, 0.25) is 5.02 Å². The number of carbonyl (C=O) groups excluding carboxylic acids is 10. The Morgan fingerprint density at radius 1 is 0.824 bits per heavy atom. The molecule has 125 heavy (non-hydrogen) atoms. The van der Waals surface area contributed by atoms with Crippen molar-refractivity contribution in [2.75, 3.05) is 75.9 Å². The molecular formula is C87H119ClIN13O19S4. The minimum atomic E-state index is -1.73. The Balaban J connectivity index is 0.972. The number of alkyl halides is 1. The maximum Gasteiger partial charge on any atom is 0.405 e. The number of benzene rings is 4. The van der Waals surface area contributed by atoms with E-state index < -0.39 is 160 Å². The van der Waals surface area contributed by atoms with Gasteiger partial charge in [-0.3, -0.25) is 43.2 Å². The highest BCUT2D eigenvalue weighted by molar-refractivity contribution is 14.1. The molecule has 0 saturated carbocycles. The number of carboxylic acid groups (broad SMARTS) is 1. The summed E-state index contributed by atoms with van der Waals surface area (Å²) in [6.07, 6.45) is 2.64. The standard InChI is InChI=1S/C87H119ClIN13O19S4/c1-50-23-21-31-70(119-10)87(89,100-85(116)117)34-32-51(2)76-86(6,121-76)71(45-73(107)102(8)68-42-57(39-50)43-69(118-9)74(68)88)120-84(115)52(3)101(7)72(106)33-38-123-122-37-22-36-91-62(40-55-24-13-11-14-25-55)78(109)97-66-48-124-125-49-67(82(113)96-65(47-103)53(4)104)98-83(114)75(54(5)105)99-77(108)61(30-19-20-35-90)93-80(111)64(44-58-46-92-60-29-18-17-28-59(58)60)95-79(110)63(94-81(66)112)41-56-26-15-12-16-27-56/h11-18,21,23-29,31,42-43,46,51-54,61-67,70-71,75-76,91-92,100,103-105H,19-20,22,30,32-41,44-45,47-49,90H2,1-10H3,(H,93,111)(H,94,112)(H,95,110)(H,96,113)(H,97,109)(H,98,114)(H,99,108)(H,116,117)/b31-21+,50-23+/t51-,52+,53-,54-,61+,62-,63+,64-,65-,66+,67+,70-,71+,75+,76+,86+,87?/m1/s1. The Hall–Kier alpha value is -8.19. The van der Waals surface area contributed by atoms with Crippen molar-refractivity contribution in [3.63, 3.8) is 0 Å². The van der Waals surface area contributed by atoms with Gasteiger partial charge in [0.2, 0.25) is 53.2 Å². The number of nitrogens with one attached hydrogen (secondary N) is 10. The number of aliphatic hydroxyl groups is 3. The Kier molecular flexibility index (Phi) is 40.8. The number of aromatic nitrogens is 1. The van der Waals surface area contributed by atoms with Crippen LogP contribution in [0.4, 0.5) is 10.5 Å². The van der Waals surface area contributed by atoms with Crippen molar-refractivity contribution in [3.05, 3.63) is 154 Å². The Labute approximate surface area is 763 Å². The number of unbranched alkanes of at least 4 members (excludes halogenated alkanes) is 1. The fraction of sp³-hybridized carbons (Fsp3) is 0.529. The summed E-state index contributed by atoms with van der Waals surface area (Å²) in [5.41, 5.74) is 9.45. The molecular weight excluding hydrogens is 1820 g/mol. The number of anilines is 1. The topological polar surface area (TPSA) is 465 Å². The summed E-state index contributed by atoms with van der Waals surface area (Å²) < 4.78 is 23.2. The molecule has 0 aliphatic carbocycles. The van der Waals surface area contributed by atoms with Crippen LogP contribution in [-0.2, 0) is 87.8 Å². The van der Waals surface area contributed by atoms with Gasteiger partial charge in [0.05, 0.1) is 56.2 Å². The Morgan fingerprint density at radius 2 is 1.47 bits per heavy atom. The zero-order valence-corrected chi connectivity index (χ0v) is 78.1. The van der Waals surface area contributed by atoms with Crippen LogP contribution >= 0.6 is 77.4 Å². The van der Waals surface area contributed by atoms with E-state index in [9.17, 15) is 54.0 Å². The molecule has 4 aromatic carbocycles. The number of amides is 10. The number of halogens is 2. The number of hydrogen-bond donors (Lipinski definition) is 15. The van der Waals surface area contributed by atoms with Gasteiger partial charge < -0.3 is 108 Å². The molecule has 0 spiro atoms. The van der Waals surface area contributed by atoms with Crippen LogP contribution in [-0.4, -0.2) is 261 Å². The summed E-state index contributed by atoms with van der Waals surface area (Å²) in [5.74, 6) is -6.97. The van der Waals surface area contributed by atoms with Crippen molar-refractivity contribution < 1.29 is 92.1 Å². The molecule has 5 aromatic rings. The lowest BCUT2D eigenvalue weighted by Gasteiger charge is -2.34. The summed E-state index contributed by atoms with van der Waals surface area (Å²) in [7, 11) is 11.0. The van der Waals surface area contributed by atoms with Gasteiger partial charge in [-0.2, -0.15) is 0 Å². The van der Waals surface area contributed by atoms with E-state index in [0.29, 0.717) is 79.1 Å². The van der Waals surface area contributed by atoms with E-state index in [2.05, 4.69) is 75.4 Å². The number of methoxy groups -OCH3 is 2. The van der Waals surface area contributed by atoms with Crippen molar-refractivity contribution in [1.29, 1.82) is 0 Å². The minimum absolute atomic E-state index is 0.0106. The summed E-state index contributed by atoms with van der Waals surface area (Å²) >= 11 is 8.99. The quantitative estimate of drug-likeness (QED) is 0.00415. The number of para-hydroxylation sites is 1. The maximum absolute atomic E-state index is 15.3. The summed E-state index contributed by atoms with van der Waals surface area (Å²) in [6.45, 7) is 9.57. The van der Waals surface area contributed by atoms with Gasteiger partial charge in [-0.25, -0.2) is 9.59 Å². The van der Waals surface area contributed by atoms with Crippen molar-refractivity contribution in [2.45, 2.75) is 213 Å². The molecule has 17 atom stereocenters. The fourth-order valence-electron chi connectivity index (χ4n) is 14.6. The van der Waals surface area contributed by atoms with Gasteiger partial charge in [-0.15, -0.1) is 0 Å². The SMILES string of the molecule is COc1cc2cc(c1Cl)N(C)C(=O)C[C@H](OC(=O)[C@H](C)N(C)C(=O)CCSSCCCN[C@H](Cc1ccccc1)C(=O)N[C@H]1CSSC[C@@H](C(=O)N[C@H](CO)[C@@H](C)O)NC(=O)[C@H]([C@@H](C)O)NC(=O)[C@H](CCCCN)NC(=O)[C@@H](Cc3c[nH]c4ccccc34)NC(=O)[C@H](Cc3ccccc3)NC1=O)[C@]1(C)O[C@H]1[C@H](C)CCC(I)(NC(=O)O)[C@H](OC)/C=C/C=C(\C)C2. The van der Waals surface area contributed by atoms with Crippen molar-refractivity contribution in [1.82, 2.24) is 57.7 Å². The third-order valence-corrected chi connectivity index (χ3v) is 29.0. The third kappa shape index (κ3) is 30.2. The molecule has 2 fully saturated rings. The number of likely N-dealkylation sites (N-methyl/N-ethyl adjacent to an activating group) is 1. The van der Waals surface area contributed by atoms with Crippen LogP contribution in [0, 0.1) is 5.92 Å². The second-order valence-corrected chi connectivity index (χ2v) is 39.3. The number of carbonyl (C=O) groups is 11. The van der Waals surface area contributed by atoms with Crippen LogP contribution in [0.3, 0.4) is 0 Å². The number of nitrogens with zero attached hydrogens (tertiary/aromatic N) is 2. The number of rotatable bonds is 32. The lowest BCUT2D eigenvalue weighted by molar-refractivity contribution is -0.162. The first-order valence-electron chi connectivity index (χ1n) is 41.6. The average molecular weight is 1940 g/mol. The number of aromatic amines is 1. The largest absolute Gasteiger partial charge is 0.495 e. The Bertz CT molecular complexity index is 4550. The van der Waals surface area contributed by atoms with E-state index in [0.717, 1.165) is 49.2 Å². The highest BCUT2D eigenvalue weighted by Crippen LogP contribution is 2.49. The second-order valence-electron chi connectivity index (χ2n) is 31.8. The first-order valence-corrected chi connectivity index (χ1v) is 48.0. The predicted molar refractivity (Wildman–Crippen MR) is 495 cm³/mol. The van der Waals surface area contributed by atoms with Gasteiger partial charge >= 0.3 is 12.1 Å². The molecule has 684 valence electrons. The zero-order chi connectivity index (χ0) is 91.2. The fourth-order valence-corrected chi connectivity index (χ4v) is 20.3. The van der Waals surface area contributed by atoms with E-state index in [-0.39, 0.29) is 73.4 Å². The smallest absolute Gasteiger partial charge is 0.405 e. The summed E-state index contributed by atoms with van der Waals surface area (Å²) in [5, 5.41) is 68.0. The number of fused-ring (bicyclic) bond motifs is 4. The molecule has 8 rings (SSSR count). The number of H-pyrrole nitrogens is 1. The van der Waals surface area contributed by atoms with Crippen LogP contribution in [0.25, 0.3) is 10.9 Å². The number of esters is 1. The lowest BCUT2D eigenvalue weighted by Crippen LogP contribution is -2.62. The van der Waals surface area contributed by atoms with Crippen molar-refractivity contribution in [3.8, 4) is 5.75 Å². The van der Waals surface area contributed by atoms with Crippen molar-refractivity contribution in [2.24, 2.45) is 11.7 Å². The zero-order valence-electron chi connectivity index (χ0n) is 71.9. The number of aliphatic hydroxyl groups excluding tert-OH is 3. The number of epoxide rings is 1. The van der Waals surface area contributed by atoms with E-state index in [1.807, 2.05) is 80.6 Å². The summed E-state index contributed by atoms with van der Waals surface area (Å²) in [4.78, 5) is 165. The number of allylic oxidation sites excluding steroid dienone is 3. The summed E-state index contributed by atoms with van der Waals surface area (Å²) in [6, 6.07) is 16.7. The Morgan fingerprint density at radius 3 is 2.14 bits per heavy atom. The van der Waals surface area contributed by atoms with Gasteiger partial charge in [-0.05, 0) is 145 Å². The molecule has 0 radical (unpaired) electrons. The van der Waals surface area contributed by atoms with Gasteiger partial charge in [0.15, 0.2) is 0 Å². The predicted octanol–water partition coefficient (Wildman–Crippen LogP) is 6.51. The van der Waals surface area contributed by atoms with Crippen LogP contribution in [0.1, 0.15) is 115 Å². The maximum atomic E-state index is 15.3. The van der Waals surface area contributed by atoms with Gasteiger partial charge in [-0.1, -0.05) is 187 Å². The molecule has 2 saturated heterocycles.